The van der Waals surface area contributed by atoms with Gasteiger partial charge in [-0.3, -0.25) is 5.10 Å². The van der Waals surface area contributed by atoms with Crippen LogP contribution < -0.4 is 14.8 Å². The number of nitrogens with one attached hydrogen (secondary N) is 2. The first-order valence-corrected chi connectivity index (χ1v) is 8.78. The van der Waals surface area contributed by atoms with E-state index in [2.05, 4.69) is 50.7 Å². The number of benzene rings is 2. The Morgan fingerprint density at radius 1 is 1.08 bits per heavy atom. The zero-order valence-electron chi connectivity index (χ0n) is 14.0. The van der Waals surface area contributed by atoms with Crippen molar-refractivity contribution in [1.29, 1.82) is 0 Å². The lowest BCUT2D eigenvalue weighted by Crippen LogP contribution is -2.20. The number of nitrogens with zero attached hydrogens (tertiary/aromatic N) is 3. The molecule has 7 nitrogen and oxygen atoms in total. The van der Waals surface area contributed by atoms with E-state index in [0.29, 0.717) is 5.78 Å². The molecule has 0 unspecified atom stereocenters. The van der Waals surface area contributed by atoms with Crippen molar-refractivity contribution in [3.8, 4) is 11.5 Å². The van der Waals surface area contributed by atoms with Gasteiger partial charge in [0.05, 0.1) is 11.0 Å². The normalized spacial score (nSPS) is 17.1. The van der Waals surface area contributed by atoms with Gasteiger partial charge < -0.3 is 14.8 Å². The summed E-state index contributed by atoms with van der Waals surface area (Å²) in [5.41, 5.74) is 3.38. The van der Waals surface area contributed by atoms with Crippen LogP contribution >= 0.6 is 0 Å². The number of hydrogen-bond acceptors (Lipinski definition) is 5. The molecule has 1 aliphatic carbocycles. The highest BCUT2D eigenvalue weighted by Crippen LogP contribution is 2.48. The Labute approximate surface area is 148 Å². The molecule has 7 heteroatoms. The molecule has 0 bridgehead atoms. The number of anilines is 1. The Kier molecular flexibility index (Phi) is 2.64. The lowest BCUT2D eigenvalue weighted by molar-refractivity contribution is 0.174. The molecule has 0 saturated heterocycles. The maximum atomic E-state index is 5.47. The first kappa shape index (κ1) is 14.0. The summed E-state index contributed by atoms with van der Waals surface area (Å²) in [6.45, 7) is 1.12. The number of imidazole rings is 1. The Balaban J connectivity index is 1.30. The fourth-order valence-electron chi connectivity index (χ4n) is 3.71. The molecule has 0 spiro atoms. The molecule has 2 aromatic heterocycles. The highest BCUT2D eigenvalue weighted by Gasteiger charge is 2.44. The third kappa shape index (κ3) is 2.00. The number of fused-ring (bicyclic) bond motifs is 4. The van der Waals surface area contributed by atoms with Gasteiger partial charge in [-0.1, -0.05) is 30.3 Å². The van der Waals surface area contributed by atoms with Crippen molar-refractivity contribution < 1.29 is 9.47 Å². The maximum Gasteiger partial charge on any atom is 0.253 e. The average Bonchev–Trinajstić information content (AvgIpc) is 2.99. The quantitative estimate of drug-likeness (QED) is 0.593. The zero-order chi connectivity index (χ0) is 17.1. The van der Waals surface area contributed by atoms with E-state index in [1.165, 1.54) is 18.4 Å². The highest BCUT2D eigenvalue weighted by atomic mass is 16.7. The van der Waals surface area contributed by atoms with E-state index in [1.807, 2.05) is 16.6 Å². The molecular weight excluding hydrogens is 330 g/mol. The molecule has 0 radical (unpaired) electrons. The molecule has 26 heavy (non-hydrogen) atoms. The van der Waals surface area contributed by atoms with Crippen LogP contribution in [0.4, 0.5) is 5.95 Å². The van der Waals surface area contributed by atoms with E-state index in [4.69, 9.17) is 9.47 Å². The molecule has 130 valence electrons. The highest BCUT2D eigenvalue weighted by molar-refractivity contribution is 5.83. The molecule has 6 rings (SSSR count). The summed E-state index contributed by atoms with van der Waals surface area (Å²) in [6.07, 6.45) is 2.41. The number of aromatic amines is 1. The van der Waals surface area contributed by atoms with Crippen molar-refractivity contribution in [1.82, 2.24) is 19.6 Å². The predicted octanol–water partition coefficient (Wildman–Crippen LogP) is 3.08. The van der Waals surface area contributed by atoms with Crippen LogP contribution in [0.5, 0.6) is 11.5 Å². The van der Waals surface area contributed by atoms with Crippen molar-refractivity contribution >= 4 is 22.8 Å². The van der Waals surface area contributed by atoms with Gasteiger partial charge in [0.25, 0.3) is 5.78 Å². The van der Waals surface area contributed by atoms with Gasteiger partial charge in [0.2, 0.25) is 12.7 Å². The maximum absolute atomic E-state index is 5.47. The molecule has 1 fully saturated rings. The first-order valence-electron chi connectivity index (χ1n) is 8.78. The SMILES string of the molecule is c1ccc(C2(CNc3nc4nc5cc6c(cc5n4[nH]3)OCO6)CC2)cc1. The number of ether oxygens (including phenoxy) is 2. The summed E-state index contributed by atoms with van der Waals surface area (Å²) >= 11 is 0. The fraction of sp³-hybridized carbons (Fsp3) is 0.263. The summed E-state index contributed by atoms with van der Waals surface area (Å²) in [4.78, 5) is 9.16. The molecule has 4 aromatic rings. The van der Waals surface area contributed by atoms with Gasteiger partial charge >= 0.3 is 0 Å². The summed E-state index contributed by atoms with van der Waals surface area (Å²) < 4.78 is 12.8. The molecule has 2 aromatic carbocycles. The van der Waals surface area contributed by atoms with Crippen LogP contribution in [0.1, 0.15) is 18.4 Å². The first-order chi connectivity index (χ1) is 12.8. The second kappa shape index (κ2) is 4.91. The Hall–Kier alpha value is -3.22. The van der Waals surface area contributed by atoms with Gasteiger partial charge in [-0.25, -0.2) is 9.50 Å². The molecule has 2 aliphatic rings. The van der Waals surface area contributed by atoms with Crippen LogP contribution in [0.15, 0.2) is 42.5 Å². The van der Waals surface area contributed by atoms with Crippen molar-refractivity contribution in [2.75, 3.05) is 18.7 Å². The van der Waals surface area contributed by atoms with Crippen molar-refractivity contribution in [2.24, 2.45) is 0 Å². The van der Waals surface area contributed by atoms with Crippen LogP contribution in [0.25, 0.3) is 16.8 Å². The van der Waals surface area contributed by atoms with Crippen LogP contribution in [-0.4, -0.2) is 32.9 Å². The van der Waals surface area contributed by atoms with E-state index < -0.39 is 0 Å². The topological polar surface area (TPSA) is 76.5 Å². The summed E-state index contributed by atoms with van der Waals surface area (Å²) in [5, 5.41) is 6.75. The molecule has 3 heterocycles. The molecule has 1 saturated carbocycles. The average molecular weight is 347 g/mol. The van der Waals surface area contributed by atoms with Gasteiger partial charge in [-0.15, -0.1) is 0 Å². The van der Waals surface area contributed by atoms with Crippen molar-refractivity contribution in [3.05, 3.63) is 48.0 Å². The third-order valence-electron chi connectivity index (χ3n) is 5.39. The lowest BCUT2D eigenvalue weighted by atomic mass is 9.96. The minimum Gasteiger partial charge on any atom is -0.454 e. The van der Waals surface area contributed by atoms with Crippen molar-refractivity contribution in [2.45, 2.75) is 18.3 Å². The number of aromatic nitrogens is 4. The third-order valence-corrected chi connectivity index (χ3v) is 5.39. The van der Waals surface area contributed by atoms with E-state index in [1.54, 1.807) is 0 Å². The largest absolute Gasteiger partial charge is 0.454 e. The Morgan fingerprint density at radius 2 is 1.88 bits per heavy atom. The number of H-pyrrole nitrogens is 1. The van der Waals surface area contributed by atoms with Crippen LogP contribution in [-0.2, 0) is 5.41 Å². The molecule has 0 atom stereocenters. The van der Waals surface area contributed by atoms with E-state index in [9.17, 15) is 0 Å². The van der Waals surface area contributed by atoms with E-state index >= 15 is 0 Å². The number of hydrogen-bond donors (Lipinski definition) is 2. The standard InChI is InChI=1S/C19H17N5O2/c1-2-4-12(5-3-1)19(6-7-19)10-20-17-22-18-21-13-8-15-16(26-11-25-15)9-14(13)24(18)23-17/h1-5,8-9H,6-7,10-11H2,(H2,20,21,22,23). The minimum absolute atomic E-state index is 0.226. The summed E-state index contributed by atoms with van der Waals surface area (Å²) in [5.74, 6) is 2.84. The summed E-state index contributed by atoms with van der Waals surface area (Å²) in [6, 6.07) is 14.5. The lowest BCUT2D eigenvalue weighted by Gasteiger charge is -2.15. The zero-order valence-corrected chi connectivity index (χ0v) is 14.0. The van der Waals surface area contributed by atoms with Crippen molar-refractivity contribution in [3.63, 3.8) is 0 Å². The second-order valence-electron chi connectivity index (χ2n) is 7.01. The van der Waals surface area contributed by atoms with Crippen LogP contribution in [0.3, 0.4) is 0 Å². The van der Waals surface area contributed by atoms with Crippen LogP contribution in [0, 0.1) is 0 Å². The predicted molar refractivity (Wildman–Crippen MR) is 96.8 cm³/mol. The Morgan fingerprint density at radius 3 is 2.69 bits per heavy atom. The fourth-order valence-corrected chi connectivity index (χ4v) is 3.71. The van der Waals surface area contributed by atoms with E-state index in [-0.39, 0.29) is 12.2 Å². The monoisotopic (exact) mass is 347 g/mol. The molecular formula is C19H17N5O2. The van der Waals surface area contributed by atoms with Gasteiger partial charge in [-0.2, -0.15) is 4.98 Å². The molecule has 0 amide bonds. The van der Waals surface area contributed by atoms with Crippen LogP contribution in [0.2, 0.25) is 0 Å². The second-order valence-corrected chi connectivity index (χ2v) is 7.01. The minimum atomic E-state index is 0.226. The van der Waals surface area contributed by atoms with Gasteiger partial charge in [-0.05, 0) is 18.4 Å². The summed E-state index contributed by atoms with van der Waals surface area (Å²) in [7, 11) is 0. The van der Waals surface area contributed by atoms with Gasteiger partial charge in [0, 0.05) is 24.1 Å². The van der Waals surface area contributed by atoms with Gasteiger partial charge in [0.15, 0.2) is 11.5 Å². The number of rotatable bonds is 4. The molecule has 1 aliphatic heterocycles. The smallest absolute Gasteiger partial charge is 0.253 e. The van der Waals surface area contributed by atoms with E-state index in [0.717, 1.165) is 35.0 Å². The Bertz CT molecular complexity index is 1130. The van der Waals surface area contributed by atoms with Gasteiger partial charge in [0.1, 0.15) is 0 Å². The molecule has 2 N–H and O–H groups in total.